The first-order valence-corrected chi connectivity index (χ1v) is 11.1. The molecule has 160 valence electrons. The Morgan fingerprint density at radius 3 is 2.58 bits per heavy atom. The molecule has 0 fully saturated rings. The fourth-order valence-corrected chi connectivity index (χ4v) is 4.73. The zero-order valence-corrected chi connectivity index (χ0v) is 18.3. The van der Waals surface area contributed by atoms with Crippen molar-refractivity contribution in [2.75, 3.05) is 16.2 Å². The summed E-state index contributed by atoms with van der Waals surface area (Å²) < 4.78 is 41.3. The van der Waals surface area contributed by atoms with Crippen LogP contribution in [0.25, 0.3) is 0 Å². The zero-order chi connectivity index (χ0) is 22.6. The minimum absolute atomic E-state index is 0.00895. The molecule has 0 aliphatic heterocycles. The number of sulfonamides is 1. The number of carbonyl (C=O) groups excluding carboxylic acids is 1. The molecular weight excluding hydrogens is 439 g/mol. The van der Waals surface area contributed by atoms with Crippen LogP contribution in [0.3, 0.4) is 0 Å². The van der Waals surface area contributed by atoms with E-state index in [4.69, 9.17) is 11.6 Å². The van der Waals surface area contributed by atoms with E-state index in [1.54, 1.807) is 37.3 Å². The minimum atomic E-state index is -4.04. The number of benzene rings is 3. The number of anilines is 2. The number of para-hydroxylation sites is 1. The lowest BCUT2D eigenvalue weighted by Crippen LogP contribution is -2.31. The number of amides is 1. The predicted molar refractivity (Wildman–Crippen MR) is 122 cm³/mol. The van der Waals surface area contributed by atoms with E-state index >= 15 is 0 Å². The number of hydrogen-bond donors (Lipinski definition) is 1. The van der Waals surface area contributed by atoms with Crippen molar-refractivity contribution in [1.82, 2.24) is 0 Å². The Balaban J connectivity index is 1.97. The van der Waals surface area contributed by atoms with Gasteiger partial charge in [0.1, 0.15) is 5.82 Å². The molecule has 0 bridgehead atoms. The topological polar surface area (TPSA) is 66.5 Å². The highest BCUT2D eigenvalue weighted by molar-refractivity contribution is 7.92. The summed E-state index contributed by atoms with van der Waals surface area (Å²) in [5.41, 5.74) is 1.40. The number of hydrogen-bond acceptors (Lipinski definition) is 3. The second kappa shape index (κ2) is 9.32. The number of carbonyl (C=O) groups is 1. The summed E-state index contributed by atoms with van der Waals surface area (Å²) in [5, 5.41) is 2.88. The van der Waals surface area contributed by atoms with Crippen LogP contribution in [-0.4, -0.2) is 20.9 Å². The average molecular weight is 459 g/mol. The summed E-state index contributed by atoms with van der Waals surface area (Å²) in [6.07, 6.45) is 1.45. The van der Waals surface area contributed by atoms with Gasteiger partial charge in [0.25, 0.3) is 15.9 Å². The molecule has 3 rings (SSSR count). The molecule has 0 aliphatic rings. The lowest BCUT2D eigenvalue weighted by molar-refractivity contribution is 0.102. The van der Waals surface area contributed by atoms with E-state index < -0.39 is 21.7 Å². The first kappa shape index (κ1) is 22.5. The first-order chi connectivity index (χ1) is 14.7. The number of nitrogens with zero attached hydrogens (tertiary/aromatic N) is 1. The molecule has 1 amide bonds. The van der Waals surface area contributed by atoms with E-state index in [2.05, 4.69) is 11.9 Å². The Morgan fingerprint density at radius 2 is 1.87 bits per heavy atom. The van der Waals surface area contributed by atoms with Crippen LogP contribution in [-0.2, 0) is 10.0 Å². The smallest absolute Gasteiger partial charge is 0.264 e. The van der Waals surface area contributed by atoms with Gasteiger partial charge in [-0.2, -0.15) is 0 Å². The minimum Gasteiger partial charge on any atom is -0.322 e. The molecule has 0 saturated heterocycles. The molecule has 0 saturated carbocycles. The van der Waals surface area contributed by atoms with Crippen molar-refractivity contribution in [1.29, 1.82) is 0 Å². The molecule has 0 spiro atoms. The van der Waals surface area contributed by atoms with Gasteiger partial charge < -0.3 is 5.32 Å². The van der Waals surface area contributed by atoms with E-state index in [0.717, 1.165) is 4.31 Å². The summed E-state index contributed by atoms with van der Waals surface area (Å²) in [7, 11) is -4.04. The Labute approximate surface area is 185 Å². The van der Waals surface area contributed by atoms with Crippen molar-refractivity contribution >= 4 is 38.9 Å². The quantitative estimate of drug-likeness (QED) is 0.480. The van der Waals surface area contributed by atoms with Crippen LogP contribution in [0.2, 0.25) is 5.02 Å². The van der Waals surface area contributed by atoms with Crippen molar-refractivity contribution in [3.63, 3.8) is 0 Å². The van der Waals surface area contributed by atoms with Crippen molar-refractivity contribution in [3.8, 4) is 0 Å². The van der Waals surface area contributed by atoms with Crippen molar-refractivity contribution in [2.24, 2.45) is 0 Å². The molecule has 8 heteroatoms. The van der Waals surface area contributed by atoms with Gasteiger partial charge in [0.2, 0.25) is 0 Å². The predicted octanol–water partition coefficient (Wildman–Crippen LogP) is 5.42. The van der Waals surface area contributed by atoms with E-state index in [-0.39, 0.29) is 22.0 Å². The molecule has 5 nitrogen and oxygen atoms in total. The molecule has 0 aromatic heterocycles. The van der Waals surface area contributed by atoms with Crippen LogP contribution in [0, 0.1) is 12.7 Å². The summed E-state index contributed by atoms with van der Waals surface area (Å²) in [6, 6.07) is 16.2. The number of rotatable bonds is 7. The zero-order valence-electron chi connectivity index (χ0n) is 16.7. The van der Waals surface area contributed by atoms with Gasteiger partial charge >= 0.3 is 0 Å². The first-order valence-electron chi connectivity index (χ1n) is 9.30. The fourth-order valence-electron chi connectivity index (χ4n) is 2.95. The Bertz CT molecular complexity index is 1250. The van der Waals surface area contributed by atoms with Crippen molar-refractivity contribution < 1.29 is 17.6 Å². The molecule has 0 radical (unpaired) electrons. The third kappa shape index (κ3) is 4.95. The lowest BCUT2D eigenvalue weighted by Gasteiger charge is -2.24. The summed E-state index contributed by atoms with van der Waals surface area (Å²) in [4.78, 5) is 12.6. The van der Waals surface area contributed by atoms with Gasteiger partial charge in [-0.15, -0.1) is 6.58 Å². The molecule has 0 atom stereocenters. The molecule has 1 N–H and O–H groups in total. The molecular formula is C23H20ClFN2O3S. The van der Waals surface area contributed by atoms with E-state index in [9.17, 15) is 17.6 Å². The van der Waals surface area contributed by atoms with Crippen LogP contribution >= 0.6 is 11.6 Å². The normalized spacial score (nSPS) is 11.1. The molecule has 31 heavy (non-hydrogen) atoms. The van der Waals surface area contributed by atoms with Crippen LogP contribution in [0.15, 0.2) is 84.3 Å². The van der Waals surface area contributed by atoms with Crippen LogP contribution < -0.4 is 9.62 Å². The fraction of sp³-hybridized carbons (Fsp3) is 0.0870. The standard InChI is InChI=1S/C23H20ClFN2O3S/c1-3-13-27(22-10-5-4-9-20(22)24)31(29,30)19-8-6-7-17(14-19)23(28)26-21-15-18(25)12-11-16(21)2/h3-12,14-15H,1,13H2,2H3,(H,26,28). The maximum Gasteiger partial charge on any atom is 0.264 e. The maximum atomic E-state index is 13.5. The monoisotopic (exact) mass is 458 g/mol. The largest absolute Gasteiger partial charge is 0.322 e. The highest BCUT2D eigenvalue weighted by Gasteiger charge is 2.26. The van der Waals surface area contributed by atoms with Gasteiger partial charge in [-0.25, -0.2) is 12.8 Å². The van der Waals surface area contributed by atoms with Gasteiger partial charge in [0.05, 0.1) is 22.2 Å². The second-order valence-electron chi connectivity index (χ2n) is 6.72. The SMILES string of the molecule is C=CCN(c1ccccc1Cl)S(=O)(=O)c1cccc(C(=O)Nc2cc(F)ccc2C)c1. The number of nitrogens with one attached hydrogen (secondary N) is 1. The molecule has 3 aromatic rings. The van der Waals surface area contributed by atoms with Crippen LogP contribution in [0.5, 0.6) is 0 Å². The van der Waals surface area contributed by atoms with Crippen molar-refractivity contribution in [2.45, 2.75) is 11.8 Å². The van der Waals surface area contributed by atoms with Crippen LogP contribution in [0.4, 0.5) is 15.8 Å². The van der Waals surface area contributed by atoms with Gasteiger partial charge in [-0.3, -0.25) is 9.10 Å². The van der Waals surface area contributed by atoms with Gasteiger partial charge in [0, 0.05) is 11.3 Å². The summed E-state index contributed by atoms with van der Waals surface area (Å²) in [5.74, 6) is -1.05. The Kier molecular flexibility index (Phi) is 6.77. The van der Waals surface area contributed by atoms with Gasteiger partial charge in [0.15, 0.2) is 0 Å². The molecule has 3 aromatic carbocycles. The molecule has 0 aliphatic carbocycles. The van der Waals surface area contributed by atoms with Gasteiger partial charge in [-0.1, -0.05) is 41.9 Å². The number of aryl methyl sites for hydroxylation is 1. The Hall–Kier alpha value is -3.16. The summed E-state index contributed by atoms with van der Waals surface area (Å²) >= 11 is 6.21. The second-order valence-corrected chi connectivity index (χ2v) is 8.99. The molecule has 0 heterocycles. The van der Waals surface area contributed by atoms with E-state index in [0.29, 0.717) is 16.9 Å². The lowest BCUT2D eigenvalue weighted by atomic mass is 10.1. The average Bonchev–Trinajstić information content (AvgIpc) is 2.75. The van der Waals surface area contributed by atoms with Gasteiger partial charge in [-0.05, 0) is 55.0 Å². The highest BCUT2D eigenvalue weighted by Crippen LogP contribution is 2.30. The molecule has 0 unspecified atom stereocenters. The third-order valence-corrected chi connectivity index (χ3v) is 6.64. The van der Waals surface area contributed by atoms with E-state index in [1.165, 1.54) is 42.5 Å². The highest BCUT2D eigenvalue weighted by atomic mass is 35.5. The Morgan fingerprint density at radius 1 is 1.13 bits per heavy atom. The third-order valence-electron chi connectivity index (χ3n) is 4.55. The van der Waals surface area contributed by atoms with E-state index in [1.807, 2.05) is 0 Å². The van der Waals surface area contributed by atoms with Crippen LogP contribution in [0.1, 0.15) is 15.9 Å². The number of halogens is 2. The summed E-state index contributed by atoms with van der Waals surface area (Å²) in [6.45, 7) is 5.35. The van der Waals surface area contributed by atoms with Crippen molar-refractivity contribution in [3.05, 3.63) is 101 Å². The maximum absolute atomic E-state index is 13.5.